The predicted octanol–water partition coefficient (Wildman–Crippen LogP) is 5.59. The lowest BCUT2D eigenvalue weighted by Gasteiger charge is -2.42. The summed E-state index contributed by atoms with van der Waals surface area (Å²) in [6, 6.07) is 2.86. The van der Waals surface area contributed by atoms with Crippen LogP contribution in [-0.4, -0.2) is 5.38 Å². The molecule has 0 heterocycles. The average molecular weight is 301 g/mol. The van der Waals surface area contributed by atoms with E-state index in [1.54, 1.807) is 6.92 Å². The molecule has 3 unspecified atom stereocenters. The van der Waals surface area contributed by atoms with Gasteiger partial charge in [-0.25, -0.2) is 8.78 Å². The van der Waals surface area contributed by atoms with Gasteiger partial charge in [0.05, 0.1) is 0 Å². The van der Waals surface area contributed by atoms with Crippen molar-refractivity contribution in [3.63, 3.8) is 0 Å². The van der Waals surface area contributed by atoms with E-state index in [1.165, 1.54) is 12.1 Å². The first-order valence-electron chi connectivity index (χ1n) is 7.34. The highest BCUT2D eigenvalue weighted by atomic mass is 35.5. The van der Waals surface area contributed by atoms with E-state index < -0.39 is 17.0 Å². The fourth-order valence-electron chi connectivity index (χ4n) is 3.56. The summed E-state index contributed by atoms with van der Waals surface area (Å²) in [4.78, 5) is 0. The average Bonchev–Trinajstić information content (AvgIpc) is 2.33. The lowest BCUT2D eigenvalue weighted by Crippen LogP contribution is -2.40. The fraction of sp³-hybridized carbons (Fsp3) is 0.647. The van der Waals surface area contributed by atoms with Crippen LogP contribution in [-0.2, 0) is 5.41 Å². The predicted molar refractivity (Wildman–Crippen MR) is 80.3 cm³/mol. The van der Waals surface area contributed by atoms with E-state index in [1.807, 2.05) is 13.8 Å². The Bertz CT molecular complexity index is 496. The minimum absolute atomic E-state index is 0.0203. The van der Waals surface area contributed by atoms with Crippen LogP contribution in [0.3, 0.4) is 0 Å². The smallest absolute Gasteiger partial charge is 0.132 e. The minimum Gasteiger partial charge on any atom is -0.207 e. The molecule has 0 radical (unpaired) electrons. The van der Waals surface area contributed by atoms with Crippen LogP contribution < -0.4 is 0 Å². The van der Waals surface area contributed by atoms with E-state index in [4.69, 9.17) is 11.6 Å². The highest BCUT2D eigenvalue weighted by Crippen LogP contribution is 2.46. The van der Waals surface area contributed by atoms with Crippen LogP contribution in [0.4, 0.5) is 8.78 Å². The van der Waals surface area contributed by atoms with E-state index in [2.05, 4.69) is 6.92 Å². The zero-order chi connectivity index (χ0) is 15.1. The summed E-state index contributed by atoms with van der Waals surface area (Å²) in [5.74, 6) is -0.180. The van der Waals surface area contributed by atoms with Gasteiger partial charge < -0.3 is 0 Å². The number of aryl methyl sites for hydroxylation is 1. The van der Waals surface area contributed by atoms with Crippen LogP contribution in [0.15, 0.2) is 12.1 Å². The molecule has 1 fully saturated rings. The summed E-state index contributed by atoms with van der Waals surface area (Å²) in [5, 5.41) is -0.0203. The van der Waals surface area contributed by atoms with E-state index in [-0.39, 0.29) is 16.9 Å². The van der Waals surface area contributed by atoms with Crippen molar-refractivity contribution in [3.05, 3.63) is 34.9 Å². The maximum Gasteiger partial charge on any atom is 0.132 e. The first-order chi connectivity index (χ1) is 9.25. The normalized spacial score (nSPS) is 27.6. The summed E-state index contributed by atoms with van der Waals surface area (Å²) in [5.41, 5.74) is 0.0969. The quantitative estimate of drug-likeness (QED) is 0.624. The maximum atomic E-state index is 14.4. The van der Waals surface area contributed by atoms with Gasteiger partial charge in [-0.3, -0.25) is 0 Å². The molecule has 0 spiro atoms. The topological polar surface area (TPSA) is 0 Å². The minimum atomic E-state index is -0.591. The van der Waals surface area contributed by atoms with Crippen molar-refractivity contribution in [2.75, 3.05) is 0 Å². The third-order valence-electron chi connectivity index (χ3n) is 4.89. The molecule has 0 aromatic heterocycles. The largest absolute Gasteiger partial charge is 0.207 e. The van der Waals surface area contributed by atoms with Crippen LogP contribution >= 0.6 is 11.6 Å². The lowest BCUT2D eigenvalue weighted by molar-refractivity contribution is 0.199. The van der Waals surface area contributed by atoms with Crippen molar-refractivity contribution >= 4 is 11.6 Å². The van der Waals surface area contributed by atoms with Crippen molar-refractivity contribution in [2.45, 2.75) is 57.7 Å². The third-order valence-corrected chi connectivity index (χ3v) is 5.37. The molecule has 3 heteroatoms. The van der Waals surface area contributed by atoms with Gasteiger partial charge in [-0.1, -0.05) is 33.3 Å². The number of hydrogen-bond acceptors (Lipinski definition) is 0. The molecule has 0 N–H and O–H groups in total. The Balaban J connectivity index is 2.42. The van der Waals surface area contributed by atoms with Crippen LogP contribution in [0, 0.1) is 30.4 Å². The Morgan fingerprint density at radius 1 is 1.20 bits per heavy atom. The van der Waals surface area contributed by atoms with E-state index in [0.717, 1.165) is 19.3 Å². The second kappa shape index (κ2) is 5.63. The summed E-state index contributed by atoms with van der Waals surface area (Å²) >= 11 is 6.51. The molecule has 0 bridgehead atoms. The second-order valence-corrected chi connectivity index (χ2v) is 7.38. The van der Waals surface area contributed by atoms with Gasteiger partial charge in [0.15, 0.2) is 0 Å². The molecule has 2 rings (SSSR count). The molecule has 20 heavy (non-hydrogen) atoms. The van der Waals surface area contributed by atoms with Crippen molar-refractivity contribution in [3.8, 4) is 0 Å². The van der Waals surface area contributed by atoms with Gasteiger partial charge in [0.25, 0.3) is 0 Å². The van der Waals surface area contributed by atoms with Crippen LogP contribution in [0.5, 0.6) is 0 Å². The van der Waals surface area contributed by atoms with Gasteiger partial charge in [0.1, 0.15) is 11.6 Å². The van der Waals surface area contributed by atoms with Gasteiger partial charge >= 0.3 is 0 Å². The molecular weight excluding hydrogens is 278 g/mol. The van der Waals surface area contributed by atoms with Crippen LogP contribution in [0.25, 0.3) is 0 Å². The third kappa shape index (κ3) is 2.72. The Labute approximate surface area is 125 Å². The van der Waals surface area contributed by atoms with Crippen LogP contribution in [0.2, 0.25) is 0 Å². The summed E-state index contributed by atoms with van der Waals surface area (Å²) < 4.78 is 28.6. The molecule has 1 aliphatic rings. The Morgan fingerprint density at radius 3 is 2.45 bits per heavy atom. The van der Waals surface area contributed by atoms with E-state index >= 15 is 0 Å². The summed E-state index contributed by atoms with van der Waals surface area (Å²) in [6.45, 7) is 7.70. The highest BCUT2D eigenvalue weighted by Gasteiger charge is 2.42. The number of rotatable bonds is 2. The first kappa shape index (κ1) is 15.8. The number of benzene rings is 1. The molecule has 112 valence electrons. The first-order valence-corrected chi connectivity index (χ1v) is 7.78. The standard InChI is InChI=1S/C17H23ClF2/c1-10-5-7-12(13(18)9-10)17(3,4)15-14(19)8-6-11(2)16(15)20/h6,8,10,12-13H,5,7,9H2,1-4H3. The highest BCUT2D eigenvalue weighted by molar-refractivity contribution is 6.20. The molecule has 0 saturated heterocycles. The van der Waals surface area contributed by atoms with E-state index in [9.17, 15) is 8.78 Å². The molecule has 1 aliphatic carbocycles. The number of hydrogen-bond donors (Lipinski definition) is 0. The van der Waals surface area contributed by atoms with Crippen LogP contribution in [0.1, 0.15) is 51.2 Å². The van der Waals surface area contributed by atoms with Gasteiger partial charge in [-0.15, -0.1) is 11.6 Å². The summed E-state index contributed by atoms with van der Waals surface area (Å²) in [6.07, 6.45) is 2.92. The Kier molecular flexibility index (Phi) is 4.44. The SMILES string of the molecule is Cc1ccc(F)c(C(C)(C)C2CCC(C)CC2Cl)c1F. The molecule has 1 aromatic rings. The fourth-order valence-corrected chi connectivity index (χ4v) is 4.30. The molecule has 3 atom stereocenters. The molecular formula is C17H23ClF2. The second-order valence-electron chi connectivity index (χ2n) is 6.82. The molecule has 1 saturated carbocycles. The van der Waals surface area contributed by atoms with Crippen molar-refractivity contribution in [1.29, 1.82) is 0 Å². The lowest BCUT2D eigenvalue weighted by atomic mass is 9.65. The van der Waals surface area contributed by atoms with Crippen molar-refractivity contribution < 1.29 is 8.78 Å². The maximum absolute atomic E-state index is 14.4. The van der Waals surface area contributed by atoms with E-state index in [0.29, 0.717) is 11.5 Å². The summed E-state index contributed by atoms with van der Waals surface area (Å²) in [7, 11) is 0. The number of alkyl halides is 1. The Morgan fingerprint density at radius 2 is 1.85 bits per heavy atom. The van der Waals surface area contributed by atoms with Gasteiger partial charge in [0, 0.05) is 10.9 Å². The van der Waals surface area contributed by atoms with Crippen molar-refractivity contribution in [2.24, 2.45) is 11.8 Å². The van der Waals surface area contributed by atoms with Gasteiger partial charge in [0.2, 0.25) is 0 Å². The molecule has 0 aliphatic heterocycles. The molecule has 1 aromatic carbocycles. The number of halogens is 3. The van der Waals surface area contributed by atoms with Crippen molar-refractivity contribution in [1.82, 2.24) is 0 Å². The zero-order valence-corrected chi connectivity index (χ0v) is 13.4. The van der Waals surface area contributed by atoms with Gasteiger partial charge in [-0.2, -0.15) is 0 Å². The zero-order valence-electron chi connectivity index (χ0n) is 12.6. The molecule has 0 nitrogen and oxygen atoms in total. The molecule has 0 amide bonds. The van der Waals surface area contributed by atoms with Gasteiger partial charge in [-0.05, 0) is 48.6 Å². The Hall–Kier alpha value is -0.630. The monoisotopic (exact) mass is 300 g/mol.